The molecule has 1 fully saturated rings. The van der Waals surface area contributed by atoms with Gasteiger partial charge in [-0.3, -0.25) is 4.68 Å². The van der Waals surface area contributed by atoms with E-state index in [9.17, 15) is 0 Å². The minimum Gasteiger partial charge on any atom is -0.312 e. The quantitative estimate of drug-likeness (QED) is 0.814. The molecular weight excluding hydrogens is 286 g/mol. The SMILES string of the molecule is CCc1nn(C)c2c1nc(CCl)n2CC1CCN(C)CC1. The summed E-state index contributed by atoms with van der Waals surface area (Å²) in [6.45, 7) is 5.50. The van der Waals surface area contributed by atoms with Crippen LogP contribution >= 0.6 is 11.6 Å². The first-order chi connectivity index (χ1) is 10.1. The number of halogens is 1. The van der Waals surface area contributed by atoms with Crippen molar-refractivity contribution in [2.75, 3.05) is 20.1 Å². The van der Waals surface area contributed by atoms with Gasteiger partial charge in [0.1, 0.15) is 11.3 Å². The Morgan fingerprint density at radius 1 is 1.24 bits per heavy atom. The van der Waals surface area contributed by atoms with Gasteiger partial charge in [-0.15, -0.1) is 11.6 Å². The van der Waals surface area contributed by atoms with Gasteiger partial charge in [0.05, 0.1) is 11.6 Å². The van der Waals surface area contributed by atoms with E-state index in [2.05, 4.69) is 28.5 Å². The third-order valence-electron chi connectivity index (χ3n) is 4.60. The summed E-state index contributed by atoms with van der Waals surface area (Å²) in [5.74, 6) is 2.15. The molecule has 2 aromatic rings. The Bertz CT molecular complexity index is 622. The summed E-state index contributed by atoms with van der Waals surface area (Å²) < 4.78 is 4.26. The number of imidazole rings is 1. The van der Waals surface area contributed by atoms with Crippen LogP contribution in [0.2, 0.25) is 0 Å². The molecule has 5 nitrogen and oxygen atoms in total. The molecule has 2 aromatic heterocycles. The van der Waals surface area contributed by atoms with E-state index in [0.29, 0.717) is 11.8 Å². The second-order valence-electron chi connectivity index (χ2n) is 6.11. The van der Waals surface area contributed by atoms with Crippen LogP contribution < -0.4 is 0 Å². The zero-order chi connectivity index (χ0) is 15.0. The Hall–Kier alpha value is -1.07. The van der Waals surface area contributed by atoms with Crippen molar-refractivity contribution >= 4 is 22.8 Å². The molecule has 0 atom stereocenters. The van der Waals surface area contributed by atoms with E-state index < -0.39 is 0 Å². The summed E-state index contributed by atoms with van der Waals surface area (Å²) in [5.41, 5.74) is 3.23. The van der Waals surface area contributed by atoms with E-state index in [4.69, 9.17) is 16.6 Å². The van der Waals surface area contributed by atoms with E-state index in [1.807, 2.05) is 11.7 Å². The highest BCUT2D eigenvalue weighted by Crippen LogP contribution is 2.25. The first kappa shape index (κ1) is 14.9. The molecule has 0 N–H and O–H groups in total. The number of fused-ring (bicyclic) bond motifs is 1. The molecule has 1 aliphatic heterocycles. The first-order valence-corrected chi connectivity index (χ1v) is 8.33. The Morgan fingerprint density at radius 2 is 1.95 bits per heavy atom. The van der Waals surface area contributed by atoms with Crippen LogP contribution in [0.25, 0.3) is 11.2 Å². The lowest BCUT2D eigenvalue weighted by Crippen LogP contribution is -2.32. The highest BCUT2D eigenvalue weighted by molar-refractivity contribution is 6.16. The molecule has 0 aliphatic carbocycles. The van der Waals surface area contributed by atoms with Crippen LogP contribution in [0.15, 0.2) is 0 Å². The Labute approximate surface area is 130 Å². The lowest BCUT2D eigenvalue weighted by atomic mass is 9.97. The third-order valence-corrected chi connectivity index (χ3v) is 4.84. The van der Waals surface area contributed by atoms with Crippen molar-refractivity contribution in [2.45, 2.75) is 38.6 Å². The molecule has 6 heteroatoms. The molecule has 3 rings (SSSR count). The summed E-state index contributed by atoms with van der Waals surface area (Å²) >= 11 is 6.13. The molecule has 0 amide bonds. The fourth-order valence-corrected chi connectivity index (χ4v) is 3.53. The van der Waals surface area contributed by atoms with Gasteiger partial charge >= 0.3 is 0 Å². The second kappa shape index (κ2) is 5.97. The van der Waals surface area contributed by atoms with Gasteiger partial charge in [0.15, 0.2) is 5.65 Å². The molecule has 0 saturated carbocycles. The molecule has 0 spiro atoms. The summed E-state index contributed by atoms with van der Waals surface area (Å²) in [6.07, 6.45) is 3.40. The molecule has 116 valence electrons. The number of rotatable bonds is 4. The monoisotopic (exact) mass is 309 g/mol. The molecule has 21 heavy (non-hydrogen) atoms. The maximum atomic E-state index is 6.13. The number of alkyl halides is 1. The molecule has 3 heterocycles. The number of hydrogen-bond donors (Lipinski definition) is 0. The maximum Gasteiger partial charge on any atom is 0.158 e. The highest BCUT2D eigenvalue weighted by Gasteiger charge is 2.22. The molecular formula is C15H24ClN5. The molecule has 1 saturated heterocycles. The van der Waals surface area contributed by atoms with E-state index in [1.54, 1.807) is 0 Å². The van der Waals surface area contributed by atoms with Crippen molar-refractivity contribution in [2.24, 2.45) is 13.0 Å². The summed E-state index contributed by atoms with van der Waals surface area (Å²) in [7, 11) is 4.21. The summed E-state index contributed by atoms with van der Waals surface area (Å²) in [5, 5.41) is 4.59. The highest BCUT2D eigenvalue weighted by atomic mass is 35.5. The number of aryl methyl sites for hydroxylation is 2. The molecule has 0 aromatic carbocycles. The zero-order valence-electron chi connectivity index (χ0n) is 13.1. The number of piperidine rings is 1. The Balaban J connectivity index is 1.94. The second-order valence-corrected chi connectivity index (χ2v) is 6.38. The van der Waals surface area contributed by atoms with Crippen molar-refractivity contribution in [1.82, 2.24) is 24.2 Å². The average molecular weight is 310 g/mol. The van der Waals surface area contributed by atoms with Crippen LogP contribution in [-0.4, -0.2) is 44.4 Å². The van der Waals surface area contributed by atoms with Crippen molar-refractivity contribution in [3.63, 3.8) is 0 Å². The largest absolute Gasteiger partial charge is 0.312 e. The van der Waals surface area contributed by atoms with Crippen LogP contribution in [0.5, 0.6) is 0 Å². The topological polar surface area (TPSA) is 38.9 Å². The van der Waals surface area contributed by atoms with Crippen LogP contribution in [-0.2, 0) is 25.9 Å². The van der Waals surface area contributed by atoms with Crippen LogP contribution in [0.3, 0.4) is 0 Å². The van der Waals surface area contributed by atoms with E-state index in [0.717, 1.165) is 35.6 Å². The lowest BCUT2D eigenvalue weighted by Gasteiger charge is -2.29. The molecule has 0 radical (unpaired) electrons. The van der Waals surface area contributed by atoms with E-state index in [1.165, 1.54) is 25.9 Å². The van der Waals surface area contributed by atoms with E-state index >= 15 is 0 Å². The fraction of sp³-hybridized carbons (Fsp3) is 0.733. The van der Waals surface area contributed by atoms with Crippen molar-refractivity contribution in [1.29, 1.82) is 0 Å². The minimum atomic E-state index is 0.463. The molecule has 0 bridgehead atoms. The molecule has 1 aliphatic rings. The predicted molar refractivity (Wildman–Crippen MR) is 85.7 cm³/mol. The van der Waals surface area contributed by atoms with Gasteiger partial charge < -0.3 is 9.47 Å². The van der Waals surface area contributed by atoms with Crippen LogP contribution in [0.1, 0.15) is 31.3 Å². The zero-order valence-corrected chi connectivity index (χ0v) is 13.9. The van der Waals surface area contributed by atoms with Gasteiger partial charge in [-0.05, 0) is 45.3 Å². The number of hydrogen-bond acceptors (Lipinski definition) is 3. The molecule has 0 unspecified atom stereocenters. The number of nitrogens with zero attached hydrogens (tertiary/aromatic N) is 5. The van der Waals surface area contributed by atoms with E-state index in [-0.39, 0.29) is 0 Å². The van der Waals surface area contributed by atoms with Gasteiger partial charge in [-0.25, -0.2) is 4.98 Å². The van der Waals surface area contributed by atoms with Crippen molar-refractivity contribution < 1.29 is 0 Å². The lowest BCUT2D eigenvalue weighted by molar-refractivity contribution is 0.205. The standard InChI is InChI=1S/C15H24ClN5/c1-4-12-14-15(20(3)18-12)21(13(9-16)17-14)10-11-5-7-19(2)8-6-11/h11H,4-10H2,1-3H3. The smallest absolute Gasteiger partial charge is 0.158 e. The van der Waals surface area contributed by atoms with Gasteiger partial charge in [-0.1, -0.05) is 6.92 Å². The normalized spacial score (nSPS) is 17.9. The third kappa shape index (κ3) is 2.69. The van der Waals surface area contributed by atoms with Gasteiger partial charge in [0, 0.05) is 13.6 Å². The Morgan fingerprint density at radius 3 is 2.57 bits per heavy atom. The first-order valence-electron chi connectivity index (χ1n) is 7.79. The summed E-state index contributed by atoms with van der Waals surface area (Å²) in [4.78, 5) is 7.14. The maximum absolute atomic E-state index is 6.13. The fourth-order valence-electron chi connectivity index (χ4n) is 3.32. The minimum absolute atomic E-state index is 0.463. The number of aromatic nitrogens is 4. The Kier molecular flexibility index (Phi) is 4.22. The van der Waals surface area contributed by atoms with Crippen molar-refractivity contribution in [3.8, 4) is 0 Å². The number of likely N-dealkylation sites (tertiary alicyclic amines) is 1. The average Bonchev–Trinajstić information content (AvgIpc) is 2.99. The summed E-state index contributed by atoms with van der Waals surface area (Å²) in [6, 6.07) is 0. The van der Waals surface area contributed by atoms with Crippen LogP contribution in [0.4, 0.5) is 0 Å². The van der Waals surface area contributed by atoms with Gasteiger partial charge in [0.2, 0.25) is 0 Å². The van der Waals surface area contributed by atoms with Crippen LogP contribution in [0, 0.1) is 5.92 Å². The predicted octanol–water partition coefficient (Wildman–Crippen LogP) is 2.41. The van der Waals surface area contributed by atoms with Crippen molar-refractivity contribution in [3.05, 3.63) is 11.5 Å². The van der Waals surface area contributed by atoms with Gasteiger partial charge in [0.25, 0.3) is 0 Å². The van der Waals surface area contributed by atoms with Gasteiger partial charge in [-0.2, -0.15) is 5.10 Å².